The van der Waals surface area contributed by atoms with Crippen molar-refractivity contribution in [1.29, 1.82) is 0 Å². The van der Waals surface area contributed by atoms with E-state index in [0.29, 0.717) is 13.1 Å². The van der Waals surface area contributed by atoms with Crippen molar-refractivity contribution < 1.29 is 9.59 Å². The van der Waals surface area contributed by atoms with Crippen LogP contribution in [-0.4, -0.2) is 60.6 Å². The molecule has 2 heterocycles. The second-order valence-corrected chi connectivity index (χ2v) is 4.62. The first-order valence-corrected chi connectivity index (χ1v) is 6.14. The van der Waals surface area contributed by atoms with Crippen molar-refractivity contribution in [2.24, 2.45) is 0 Å². The van der Waals surface area contributed by atoms with Gasteiger partial charge in [-0.2, -0.15) is 0 Å². The van der Waals surface area contributed by atoms with Crippen molar-refractivity contribution in [2.75, 3.05) is 26.7 Å². The number of hydrogen-bond acceptors (Lipinski definition) is 4. The van der Waals surface area contributed by atoms with Crippen LogP contribution in [0, 0.1) is 0 Å². The molecule has 0 aliphatic carbocycles. The van der Waals surface area contributed by atoms with Crippen LogP contribution in [0.15, 0.2) is 0 Å². The second kappa shape index (κ2) is 5.01. The Hall–Kier alpha value is -1.14. The summed E-state index contributed by atoms with van der Waals surface area (Å²) >= 11 is 0. The summed E-state index contributed by atoms with van der Waals surface area (Å²) in [6.07, 6.45) is 1.92. The maximum atomic E-state index is 12.4. The van der Waals surface area contributed by atoms with Gasteiger partial charge in [-0.15, -0.1) is 0 Å². The minimum absolute atomic E-state index is 0.00241. The quantitative estimate of drug-likeness (QED) is 0.613. The summed E-state index contributed by atoms with van der Waals surface area (Å²) < 4.78 is 0. The fourth-order valence-corrected chi connectivity index (χ4v) is 2.57. The van der Waals surface area contributed by atoms with Crippen molar-refractivity contribution in [3.8, 4) is 0 Å². The van der Waals surface area contributed by atoms with Crippen LogP contribution in [0.25, 0.3) is 0 Å². The number of hydrazine groups is 1. The maximum Gasteiger partial charge on any atom is 0.259 e. The number of carbonyl (C=O) groups excluding carboxylic acids is 2. The SMILES string of the molecule is CN[C@H]1CNC[C@H]2CCCN(C(C)=O)N2C1=O. The lowest BCUT2D eigenvalue weighted by molar-refractivity contribution is -0.173. The second-order valence-electron chi connectivity index (χ2n) is 4.62. The Labute approximate surface area is 101 Å². The summed E-state index contributed by atoms with van der Waals surface area (Å²) in [5.41, 5.74) is 0. The first kappa shape index (κ1) is 12.3. The Balaban J connectivity index is 2.24. The number of amides is 2. The lowest BCUT2D eigenvalue weighted by Gasteiger charge is -2.43. The Morgan fingerprint density at radius 2 is 2.24 bits per heavy atom. The Morgan fingerprint density at radius 1 is 1.47 bits per heavy atom. The van der Waals surface area contributed by atoms with Crippen LogP contribution in [0.2, 0.25) is 0 Å². The van der Waals surface area contributed by atoms with E-state index in [4.69, 9.17) is 0 Å². The highest BCUT2D eigenvalue weighted by Gasteiger charge is 2.39. The number of nitrogens with zero attached hydrogens (tertiary/aromatic N) is 2. The third-order valence-corrected chi connectivity index (χ3v) is 3.48. The molecular formula is C11H20N4O2. The highest BCUT2D eigenvalue weighted by molar-refractivity contribution is 5.85. The molecule has 0 aromatic carbocycles. The molecule has 2 saturated heterocycles. The van der Waals surface area contributed by atoms with Crippen LogP contribution in [0.4, 0.5) is 0 Å². The lowest BCUT2D eigenvalue weighted by Crippen LogP contribution is -2.61. The topological polar surface area (TPSA) is 64.7 Å². The summed E-state index contributed by atoms with van der Waals surface area (Å²) in [5.74, 6) is -0.0581. The van der Waals surface area contributed by atoms with Gasteiger partial charge in [0.15, 0.2) is 0 Å². The molecule has 2 atom stereocenters. The fourth-order valence-electron chi connectivity index (χ4n) is 2.57. The molecule has 6 heteroatoms. The number of hydrogen-bond donors (Lipinski definition) is 2. The molecule has 0 radical (unpaired) electrons. The van der Waals surface area contributed by atoms with Gasteiger partial charge in [0.1, 0.15) is 6.04 Å². The van der Waals surface area contributed by atoms with Gasteiger partial charge < -0.3 is 10.6 Å². The number of nitrogens with one attached hydrogen (secondary N) is 2. The number of rotatable bonds is 1. The van der Waals surface area contributed by atoms with Crippen molar-refractivity contribution in [3.63, 3.8) is 0 Å². The first-order valence-electron chi connectivity index (χ1n) is 6.14. The van der Waals surface area contributed by atoms with Crippen molar-refractivity contribution in [2.45, 2.75) is 31.8 Å². The number of likely N-dealkylation sites (N-methyl/N-ethyl adjacent to an activating group) is 1. The molecule has 2 aliphatic rings. The Morgan fingerprint density at radius 3 is 2.88 bits per heavy atom. The van der Waals surface area contributed by atoms with E-state index in [1.54, 1.807) is 17.1 Å². The van der Waals surface area contributed by atoms with Gasteiger partial charge in [-0.25, -0.2) is 5.01 Å². The monoisotopic (exact) mass is 240 g/mol. The van der Waals surface area contributed by atoms with E-state index in [0.717, 1.165) is 19.4 Å². The minimum Gasteiger partial charge on any atom is -0.313 e. The van der Waals surface area contributed by atoms with Crippen molar-refractivity contribution in [1.82, 2.24) is 20.7 Å². The van der Waals surface area contributed by atoms with E-state index >= 15 is 0 Å². The minimum atomic E-state index is -0.250. The molecule has 0 aromatic heterocycles. The average Bonchev–Trinajstić information content (AvgIpc) is 2.48. The van der Waals surface area contributed by atoms with E-state index in [9.17, 15) is 9.59 Å². The Kier molecular flexibility index (Phi) is 3.63. The summed E-state index contributed by atoms with van der Waals surface area (Å²) in [6, 6.07) is -0.140. The summed E-state index contributed by atoms with van der Waals surface area (Å²) in [4.78, 5) is 24.0. The smallest absolute Gasteiger partial charge is 0.259 e. The first-order chi connectivity index (χ1) is 8.15. The average molecular weight is 240 g/mol. The van der Waals surface area contributed by atoms with Gasteiger partial charge in [-0.1, -0.05) is 0 Å². The van der Waals surface area contributed by atoms with E-state index < -0.39 is 0 Å². The molecule has 2 N–H and O–H groups in total. The standard InChI is InChI=1S/C11H20N4O2/c1-8(16)14-5-3-4-9-6-13-7-10(12-2)11(17)15(9)14/h9-10,12-13H,3-7H2,1-2H3/t9-,10+/m1/s1. The summed E-state index contributed by atoms with van der Waals surface area (Å²) in [6.45, 7) is 3.54. The molecule has 96 valence electrons. The number of fused-ring (bicyclic) bond motifs is 1. The fraction of sp³-hybridized carbons (Fsp3) is 0.818. The maximum absolute atomic E-state index is 12.4. The zero-order valence-electron chi connectivity index (χ0n) is 10.4. The van der Waals surface area contributed by atoms with Crippen LogP contribution in [0.5, 0.6) is 0 Å². The van der Waals surface area contributed by atoms with E-state index in [2.05, 4.69) is 10.6 Å². The normalized spacial score (nSPS) is 29.9. The molecular weight excluding hydrogens is 220 g/mol. The predicted molar refractivity (Wildman–Crippen MR) is 63.0 cm³/mol. The van der Waals surface area contributed by atoms with Gasteiger partial charge in [0.05, 0.1) is 6.04 Å². The van der Waals surface area contributed by atoms with Gasteiger partial charge in [0.25, 0.3) is 5.91 Å². The Bertz CT molecular complexity index is 321. The van der Waals surface area contributed by atoms with Crippen LogP contribution in [0.3, 0.4) is 0 Å². The molecule has 0 unspecified atom stereocenters. The van der Waals surface area contributed by atoms with Gasteiger partial charge >= 0.3 is 0 Å². The summed E-state index contributed by atoms with van der Waals surface area (Å²) in [5, 5.41) is 9.52. The van der Waals surface area contributed by atoms with E-state index in [1.165, 1.54) is 6.92 Å². The lowest BCUT2D eigenvalue weighted by atomic mass is 10.1. The molecule has 2 rings (SSSR count). The van der Waals surface area contributed by atoms with Crippen molar-refractivity contribution in [3.05, 3.63) is 0 Å². The highest BCUT2D eigenvalue weighted by Crippen LogP contribution is 2.20. The van der Waals surface area contributed by atoms with Gasteiger partial charge in [0, 0.05) is 26.6 Å². The molecule has 0 aromatic rings. The number of carbonyl (C=O) groups is 2. The van der Waals surface area contributed by atoms with Crippen LogP contribution in [0.1, 0.15) is 19.8 Å². The largest absolute Gasteiger partial charge is 0.313 e. The third-order valence-electron chi connectivity index (χ3n) is 3.48. The molecule has 2 fully saturated rings. The predicted octanol–water partition coefficient (Wildman–Crippen LogP) is -1.07. The molecule has 0 bridgehead atoms. The van der Waals surface area contributed by atoms with Crippen LogP contribution >= 0.6 is 0 Å². The zero-order valence-corrected chi connectivity index (χ0v) is 10.4. The van der Waals surface area contributed by atoms with Crippen LogP contribution in [-0.2, 0) is 9.59 Å². The van der Waals surface area contributed by atoms with E-state index in [-0.39, 0.29) is 23.9 Å². The van der Waals surface area contributed by atoms with Gasteiger partial charge in [-0.05, 0) is 19.9 Å². The highest BCUT2D eigenvalue weighted by atomic mass is 16.2. The third kappa shape index (κ3) is 2.28. The van der Waals surface area contributed by atoms with Crippen LogP contribution < -0.4 is 10.6 Å². The zero-order chi connectivity index (χ0) is 12.4. The molecule has 2 amide bonds. The molecule has 0 spiro atoms. The molecule has 17 heavy (non-hydrogen) atoms. The van der Waals surface area contributed by atoms with Gasteiger partial charge in [0.2, 0.25) is 5.91 Å². The molecule has 6 nitrogen and oxygen atoms in total. The molecule has 2 aliphatic heterocycles. The summed E-state index contributed by atoms with van der Waals surface area (Å²) in [7, 11) is 1.77. The van der Waals surface area contributed by atoms with Crippen molar-refractivity contribution >= 4 is 11.8 Å². The van der Waals surface area contributed by atoms with E-state index in [1.807, 2.05) is 0 Å². The van der Waals surface area contributed by atoms with Gasteiger partial charge in [-0.3, -0.25) is 14.6 Å². The molecule has 0 saturated carbocycles.